The summed E-state index contributed by atoms with van der Waals surface area (Å²) in [6.45, 7) is 4.73. The highest BCUT2D eigenvalue weighted by molar-refractivity contribution is 5.16. The summed E-state index contributed by atoms with van der Waals surface area (Å²) in [5.74, 6) is 1.86. The van der Waals surface area contributed by atoms with Crippen molar-refractivity contribution in [2.24, 2.45) is 17.3 Å². The maximum Gasteiger partial charge on any atom is -0.00868 e. The Bertz CT molecular complexity index is 180. The highest BCUT2D eigenvalue weighted by atomic mass is 14.5. The zero-order chi connectivity index (χ0) is 7.90. The average Bonchev–Trinajstić information content (AvgIpc) is 2.62. The topological polar surface area (TPSA) is 0 Å². The molecule has 0 aliphatic heterocycles. The highest BCUT2D eigenvalue weighted by Crippen LogP contribution is 2.54. The lowest BCUT2D eigenvalue weighted by Gasteiger charge is -2.30. The number of hydrogen-bond acceptors (Lipinski definition) is 0. The molecule has 0 nitrogen and oxygen atoms in total. The first-order valence-electron chi connectivity index (χ1n) is 4.96. The smallest absolute Gasteiger partial charge is 0.00868 e. The Morgan fingerprint density at radius 2 is 2.45 bits per heavy atom. The molecule has 11 heavy (non-hydrogen) atoms. The molecule has 1 fully saturated rings. The molecule has 0 N–H and O–H groups in total. The molecule has 0 spiro atoms. The first-order valence-corrected chi connectivity index (χ1v) is 4.96. The molecule has 2 rings (SSSR count). The summed E-state index contributed by atoms with van der Waals surface area (Å²) in [5.41, 5.74) is 0.638. The van der Waals surface area contributed by atoms with Gasteiger partial charge in [-0.15, -0.1) is 0 Å². The maximum atomic E-state index is 2.51. The fourth-order valence-electron chi connectivity index (χ4n) is 2.81. The maximum absolute atomic E-state index is 2.51. The van der Waals surface area contributed by atoms with Crippen molar-refractivity contribution in [1.29, 1.82) is 0 Å². The van der Waals surface area contributed by atoms with Gasteiger partial charge in [0, 0.05) is 0 Å². The largest absolute Gasteiger partial charge is 0.0848 e. The van der Waals surface area contributed by atoms with Crippen LogP contribution in [0.15, 0.2) is 12.2 Å². The monoisotopic (exact) mass is 150 g/mol. The van der Waals surface area contributed by atoms with Crippen LogP contribution in [-0.2, 0) is 0 Å². The summed E-state index contributed by atoms with van der Waals surface area (Å²) < 4.78 is 0. The first kappa shape index (κ1) is 7.39. The molecule has 3 unspecified atom stereocenters. The Labute approximate surface area is 69.7 Å². The molecule has 0 aromatic carbocycles. The Kier molecular flexibility index (Phi) is 1.59. The van der Waals surface area contributed by atoms with Crippen LogP contribution in [-0.4, -0.2) is 0 Å². The van der Waals surface area contributed by atoms with Crippen LogP contribution in [0.5, 0.6) is 0 Å². The van der Waals surface area contributed by atoms with Gasteiger partial charge >= 0.3 is 0 Å². The van der Waals surface area contributed by atoms with Gasteiger partial charge in [-0.25, -0.2) is 0 Å². The van der Waals surface area contributed by atoms with Crippen LogP contribution in [0.4, 0.5) is 0 Å². The fourth-order valence-corrected chi connectivity index (χ4v) is 2.81. The number of fused-ring (bicyclic) bond motifs is 2. The first-order chi connectivity index (χ1) is 5.27. The van der Waals surface area contributed by atoms with Crippen molar-refractivity contribution < 1.29 is 0 Å². The predicted molar refractivity (Wildman–Crippen MR) is 48.4 cm³/mol. The summed E-state index contributed by atoms with van der Waals surface area (Å²) >= 11 is 0. The third kappa shape index (κ3) is 0.953. The number of hydrogen-bond donors (Lipinski definition) is 0. The minimum atomic E-state index is 0.638. The lowest BCUT2D eigenvalue weighted by molar-refractivity contribution is 0.252. The van der Waals surface area contributed by atoms with Gasteiger partial charge in [-0.1, -0.05) is 32.4 Å². The van der Waals surface area contributed by atoms with E-state index in [1.165, 1.54) is 25.7 Å². The van der Waals surface area contributed by atoms with Crippen molar-refractivity contribution in [2.45, 2.75) is 39.5 Å². The van der Waals surface area contributed by atoms with Crippen molar-refractivity contribution >= 4 is 0 Å². The van der Waals surface area contributed by atoms with Crippen molar-refractivity contribution in [3.8, 4) is 0 Å². The van der Waals surface area contributed by atoms with Crippen LogP contribution < -0.4 is 0 Å². The van der Waals surface area contributed by atoms with Gasteiger partial charge in [-0.05, 0) is 36.5 Å². The molecule has 1 saturated carbocycles. The zero-order valence-corrected chi connectivity index (χ0v) is 7.64. The van der Waals surface area contributed by atoms with E-state index in [9.17, 15) is 0 Å². The Balaban J connectivity index is 2.17. The third-order valence-electron chi connectivity index (χ3n) is 3.92. The van der Waals surface area contributed by atoms with Gasteiger partial charge in [-0.3, -0.25) is 0 Å². The molecule has 2 aliphatic carbocycles. The van der Waals surface area contributed by atoms with Gasteiger partial charge in [0.05, 0.1) is 0 Å². The van der Waals surface area contributed by atoms with Crippen LogP contribution in [0.1, 0.15) is 39.5 Å². The summed E-state index contributed by atoms with van der Waals surface area (Å²) in [6.07, 6.45) is 10.7. The number of rotatable bonds is 2. The van der Waals surface area contributed by atoms with Gasteiger partial charge in [0.2, 0.25) is 0 Å². The van der Waals surface area contributed by atoms with Crippen LogP contribution in [0, 0.1) is 17.3 Å². The molecule has 0 radical (unpaired) electrons. The van der Waals surface area contributed by atoms with Crippen molar-refractivity contribution in [1.82, 2.24) is 0 Å². The molecule has 3 atom stereocenters. The standard InChI is InChI=1S/C11H18/c1-3-9(2)11-6-4-10(8-11)5-7-11/h4,6,9-10H,3,5,7-8H2,1-2H3. The van der Waals surface area contributed by atoms with Gasteiger partial charge in [0.25, 0.3) is 0 Å². The van der Waals surface area contributed by atoms with Crippen LogP contribution in [0.25, 0.3) is 0 Å². The molecule has 0 aromatic rings. The van der Waals surface area contributed by atoms with E-state index in [2.05, 4.69) is 26.0 Å². The quantitative estimate of drug-likeness (QED) is 0.529. The van der Waals surface area contributed by atoms with Crippen LogP contribution >= 0.6 is 0 Å². The molecule has 0 heterocycles. The minimum absolute atomic E-state index is 0.638. The molecule has 0 amide bonds. The van der Waals surface area contributed by atoms with Gasteiger partial charge in [0.1, 0.15) is 0 Å². The SMILES string of the molecule is CCC(C)C12C=CC(CC1)C2. The lowest BCUT2D eigenvalue weighted by atomic mass is 9.75. The van der Waals surface area contributed by atoms with Crippen molar-refractivity contribution in [3.05, 3.63) is 12.2 Å². The average molecular weight is 150 g/mol. The van der Waals surface area contributed by atoms with E-state index in [1.54, 1.807) is 0 Å². The summed E-state index contributed by atoms with van der Waals surface area (Å²) in [6, 6.07) is 0. The van der Waals surface area contributed by atoms with Crippen LogP contribution in [0.3, 0.4) is 0 Å². The van der Waals surface area contributed by atoms with E-state index in [0.29, 0.717) is 5.41 Å². The second kappa shape index (κ2) is 2.36. The summed E-state index contributed by atoms with van der Waals surface area (Å²) in [5, 5.41) is 0. The molecule has 0 heteroatoms. The third-order valence-corrected chi connectivity index (χ3v) is 3.92. The van der Waals surface area contributed by atoms with E-state index in [0.717, 1.165) is 11.8 Å². The Morgan fingerprint density at radius 1 is 1.64 bits per heavy atom. The van der Waals surface area contributed by atoms with E-state index in [1.807, 2.05) is 0 Å². The lowest BCUT2D eigenvalue weighted by Crippen LogP contribution is -2.21. The zero-order valence-electron chi connectivity index (χ0n) is 7.64. The fraction of sp³-hybridized carbons (Fsp3) is 0.818. The summed E-state index contributed by atoms with van der Waals surface area (Å²) in [7, 11) is 0. The molecule has 0 saturated heterocycles. The second-order valence-electron chi connectivity index (χ2n) is 4.40. The van der Waals surface area contributed by atoms with Gasteiger partial charge in [0.15, 0.2) is 0 Å². The molecule has 62 valence electrons. The second-order valence-corrected chi connectivity index (χ2v) is 4.40. The van der Waals surface area contributed by atoms with Gasteiger partial charge < -0.3 is 0 Å². The van der Waals surface area contributed by atoms with Crippen molar-refractivity contribution in [3.63, 3.8) is 0 Å². The predicted octanol–water partition coefficient (Wildman–Crippen LogP) is 3.39. The minimum Gasteiger partial charge on any atom is -0.0848 e. The molecule has 0 aromatic heterocycles. The van der Waals surface area contributed by atoms with Crippen LogP contribution in [0.2, 0.25) is 0 Å². The highest BCUT2D eigenvalue weighted by Gasteiger charge is 2.43. The van der Waals surface area contributed by atoms with E-state index < -0.39 is 0 Å². The molecule has 2 aliphatic rings. The van der Waals surface area contributed by atoms with E-state index in [4.69, 9.17) is 0 Å². The normalized spacial score (nSPS) is 43.3. The number of allylic oxidation sites excluding steroid dienone is 2. The molecular formula is C11H18. The van der Waals surface area contributed by atoms with Crippen molar-refractivity contribution in [2.75, 3.05) is 0 Å². The Hall–Kier alpha value is -0.260. The summed E-state index contributed by atoms with van der Waals surface area (Å²) in [4.78, 5) is 0. The Morgan fingerprint density at radius 3 is 2.82 bits per heavy atom. The van der Waals surface area contributed by atoms with E-state index in [-0.39, 0.29) is 0 Å². The van der Waals surface area contributed by atoms with E-state index >= 15 is 0 Å². The van der Waals surface area contributed by atoms with Gasteiger partial charge in [-0.2, -0.15) is 0 Å². The molecular weight excluding hydrogens is 132 g/mol. The molecule has 2 bridgehead atoms.